The number of amides is 1. The maximum Gasteiger partial charge on any atom is 0.252 e. The molecule has 0 spiro atoms. The molecule has 0 bridgehead atoms. The molecule has 1 amide bonds. The molecule has 5 aromatic carbocycles. The Labute approximate surface area is 300 Å². The van der Waals surface area contributed by atoms with Gasteiger partial charge in [-0.1, -0.05) is 101 Å². The van der Waals surface area contributed by atoms with Crippen LogP contribution in [0.4, 0.5) is 0 Å². The average Bonchev–Trinajstić information content (AvgIpc) is 3.55. The molecule has 1 heterocycles. The quantitative estimate of drug-likeness (QED) is 0.114. The number of hydrogen-bond acceptors (Lipinski definition) is 7. The van der Waals surface area contributed by atoms with Crippen molar-refractivity contribution < 1.29 is 28.8 Å². The second kappa shape index (κ2) is 16.1. The first-order valence-electron chi connectivity index (χ1n) is 16.4. The van der Waals surface area contributed by atoms with E-state index >= 15 is 0 Å². The van der Waals surface area contributed by atoms with E-state index < -0.39 is 11.6 Å². The van der Waals surface area contributed by atoms with Gasteiger partial charge >= 0.3 is 0 Å². The number of aliphatic hydroxyl groups is 1. The van der Waals surface area contributed by atoms with Gasteiger partial charge in [-0.2, -0.15) is 0 Å². The number of hydrogen-bond donors (Lipinski definition) is 2. The summed E-state index contributed by atoms with van der Waals surface area (Å²) in [6.07, 6.45) is 0.0328. The molecule has 0 radical (unpaired) electrons. The zero-order chi connectivity index (χ0) is 34.9. The number of benzene rings is 5. The van der Waals surface area contributed by atoms with Crippen LogP contribution in [0.3, 0.4) is 0 Å². The fraction of sp³-hybridized carbons (Fsp3) is 0.220. The van der Waals surface area contributed by atoms with Gasteiger partial charge in [-0.3, -0.25) is 4.79 Å². The number of nitrogens with one attached hydrogen (secondary N) is 1. The van der Waals surface area contributed by atoms with Crippen LogP contribution in [0.2, 0.25) is 0 Å². The molecule has 2 atom stereocenters. The first-order valence-corrected chi connectivity index (χ1v) is 17.2. The standard InChI is InChI=1S/C41H39BrN2O6/c1-47-36-15-8-13-33(37(36)48-2)27-43-40(46)41(26-32-12-6-7-14-35(32)42)38(30-18-16-29(17-19-30)28-10-4-3-5-11-28)50-39(44-41)31-20-22-34(23-21-31)49-25-9-24-45/h3-8,10-23,38,45H,9,24-27H2,1-2H3,(H,43,46)/t38-,41-/m1/s1. The van der Waals surface area contributed by atoms with Crippen molar-refractivity contribution in [1.29, 1.82) is 0 Å². The lowest BCUT2D eigenvalue weighted by Crippen LogP contribution is -2.49. The number of methoxy groups -OCH3 is 2. The SMILES string of the molecule is COc1cccc(CNC(=O)[C@]2(Cc3ccccc3Br)N=C(c3ccc(OCCCO)cc3)O[C@@H]2c2ccc(-c3ccccc3)cc2)c1OC. The summed E-state index contributed by atoms with van der Waals surface area (Å²) in [5.74, 6) is 1.85. The lowest BCUT2D eigenvalue weighted by molar-refractivity contribution is -0.129. The third-order valence-electron chi connectivity index (χ3n) is 8.69. The monoisotopic (exact) mass is 734 g/mol. The summed E-state index contributed by atoms with van der Waals surface area (Å²) >= 11 is 3.71. The van der Waals surface area contributed by atoms with Crippen LogP contribution in [0, 0.1) is 0 Å². The average molecular weight is 736 g/mol. The van der Waals surface area contributed by atoms with Crippen LogP contribution in [0.5, 0.6) is 17.2 Å². The summed E-state index contributed by atoms with van der Waals surface area (Å²) in [6, 6.07) is 39.1. The number of halogens is 1. The summed E-state index contributed by atoms with van der Waals surface area (Å²) in [5, 5.41) is 12.3. The third kappa shape index (κ3) is 7.54. The van der Waals surface area contributed by atoms with Gasteiger partial charge in [0.1, 0.15) is 5.75 Å². The van der Waals surface area contributed by atoms with Gasteiger partial charge in [0.15, 0.2) is 23.1 Å². The van der Waals surface area contributed by atoms with Crippen molar-refractivity contribution >= 4 is 27.7 Å². The molecule has 0 aromatic heterocycles. The van der Waals surface area contributed by atoms with Crippen LogP contribution < -0.4 is 19.5 Å². The molecule has 1 aliphatic rings. The van der Waals surface area contributed by atoms with E-state index in [2.05, 4.69) is 33.4 Å². The van der Waals surface area contributed by atoms with Crippen molar-refractivity contribution in [2.45, 2.75) is 31.0 Å². The minimum Gasteiger partial charge on any atom is -0.494 e. The van der Waals surface area contributed by atoms with Crippen molar-refractivity contribution in [3.63, 3.8) is 0 Å². The zero-order valence-electron chi connectivity index (χ0n) is 28.0. The molecule has 2 N–H and O–H groups in total. The largest absolute Gasteiger partial charge is 0.494 e. The zero-order valence-corrected chi connectivity index (χ0v) is 29.6. The van der Waals surface area contributed by atoms with Crippen LogP contribution in [0.25, 0.3) is 11.1 Å². The number of rotatable bonds is 14. The maximum absolute atomic E-state index is 14.8. The highest BCUT2D eigenvalue weighted by Crippen LogP contribution is 2.44. The van der Waals surface area contributed by atoms with E-state index in [1.54, 1.807) is 14.2 Å². The molecule has 0 aliphatic carbocycles. The Morgan fingerprint density at radius 2 is 1.50 bits per heavy atom. The van der Waals surface area contributed by atoms with Gasteiger partial charge in [0.2, 0.25) is 5.90 Å². The Morgan fingerprint density at radius 1 is 0.820 bits per heavy atom. The lowest BCUT2D eigenvalue weighted by Gasteiger charge is -2.31. The normalized spacial score (nSPS) is 16.6. The summed E-state index contributed by atoms with van der Waals surface area (Å²) in [6.45, 7) is 0.645. The van der Waals surface area contributed by atoms with E-state index in [1.807, 2.05) is 109 Å². The van der Waals surface area contributed by atoms with Crippen molar-refractivity contribution in [2.24, 2.45) is 4.99 Å². The Bertz CT molecular complexity index is 1930. The van der Waals surface area contributed by atoms with Gasteiger partial charge in [0.25, 0.3) is 5.91 Å². The van der Waals surface area contributed by atoms with E-state index in [1.165, 1.54) is 0 Å². The number of aliphatic imine (C=N–C) groups is 1. The summed E-state index contributed by atoms with van der Waals surface area (Å²) in [7, 11) is 3.16. The van der Waals surface area contributed by atoms with Crippen molar-refractivity contribution in [2.75, 3.05) is 27.4 Å². The molecular weight excluding hydrogens is 696 g/mol. The van der Waals surface area contributed by atoms with Crippen LogP contribution in [0.15, 0.2) is 131 Å². The molecule has 256 valence electrons. The second-order valence-electron chi connectivity index (χ2n) is 11.9. The predicted molar refractivity (Wildman–Crippen MR) is 198 cm³/mol. The smallest absolute Gasteiger partial charge is 0.252 e. The van der Waals surface area contributed by atoms with Crippen LogP contribution in [0.1, 0.15) is 34.8 Å². The van der Waals surface area contributed by atoms with Gasteiger partial charge in [-0.15, -0.1) is 0 Å². The van der Waals surface area contributed by atoms with Crippen molar-refractivity contribution in [3.05, 3.63) is 148 Å². The van der Waals surface area contributed by atoms with Gasteiger partial charge in [0, 0.05) is 41.6 Å². The fourth-order valence-corrected chi connectivity index (χ4v) is 6.54. The van der Waals surface area contributed by atoms with Crippen LogP contribution in [-0.2, 0) is 22.5 Å². The van der Waals surface area contributed by atoms with Gasteiger partial charge in [0.05, 0.1) is 20.8 Å². The predicted octanol–water partition coefficient (Wildman–Crippen LogP) is 7.71. The van der Waals surface area contributed by atoms with Crippen LogP contribution >= 0.6 is 15.9 Å². The summed E-state index contributed by atoms with van der Waals surface area (Å²) < 4.78 is 24.5. The van der Waals surface area contributed by atoms with Gasteiger partial charge in [-0.25, -0.2) is 4.99 Å². The highest BCUT2D eigenvalue weighted by molar-refractivity contribution is 9.10. The molecule has 50 heavy (non-hydrogen) atoms. The molecule has 0 unspecified atom stereocenters. The van der Waals surface area contributed by atoms with Crippen molar-refractivity contribution in [3.8, 4) is 28.4 Å². The topological polar surface area (TPSA) is 98.6 Å². The Morgan fingerprint density at radius 3 is 2.20 bits per heavy atom. The van der Waals surface area contributed by atoms with E-state index in [0.717, 1.165) is 32.3 Å². The number of ether oxygens (including phenoxy) is 4. The van der Waals surface area contributed by atoms with Crippen molar-refractivity contribution in [1.82, 2.24) is 5.32 Å². The molecule has 0 fully saturated rings. The maximum atomic E-state index is 14.8. The van der Waals surface area contributed by atoms with E-state index in [0.29, 0.717) is 41.7 Å². The molecule has 6 rings (SSSR count). The third-order valence-corrected chi connectivity index (χ3v) is 9.47. The first-order chi connectivity index (χ1) is 24.5. The van der Waals surface area contributed by atoms with Crippen LogP contribution in [-0.4, -0.2) is 49.9 Å². The number of aliphatic hydroxyl groups excluding tert-OH is 1. The van der Waals surface area contributed by atoms with Gasteiger partial charge < -0.3 is 29.4 Å². The molecule has 8 nitrogen and oxygen atoms in total. The van der Waals surface area contributed by atoms with E-state index in [-0.39, 0.29) is 25.5 Å². The minimum atomic E-state index is -1.39. The molecule has 0 saturated carbocycles. The highest BCUT2D eigenvalue weighted by atomic mass is 79.9. The Kier molecular flexibility index (Phi) is 11.2. The number of nitrogens with zero attached hydrogens (tertiary/aromatic N) is 1. The van der Waals surface area contributed by atoms with E-state index in [9.17, 15) is 4.79 Å². The summed E-state index contributed by atoms with van der Waals surface area (Å²) in [5.41, 5.74) is 3.95. The molecular formula is C41H39BrN2O6. The highest BCUT2D eigenvalue weighted by Gasteiger charge is 2.53. The summed E-state index contributed by atoms with van der Waals surface area (Å²) in [4.78, 5) is 20.0. The Hall–Kier alpha value is -5.12. The molecule has 0 saturated heterocycles. The number of carbonyl (C=O) groups excluding carboxylic acids is 1. The van der Waals surface area contributed by atoms with E-state index in [4.69, 9.17) is 29.0 Å². The van der Waals surface area contributed by atoms with Gasteiger partial charge in [-0.05, 0) is 58.7 Å². The number of carbonyl (C=O) groups is 1. The Balaban J connectivity index is 1.42. The molecule has 9 heteroatoms. The second-order valence-corrected chi connectivity index (χ2v) is 12.7. The number of para-hydroxylation sites is 1. The molecule has 1 aliphatic heterocycles. The minimum absolute atomic E-state index is 0.0583. The fourth-order valence-electron chi connectivity index (χ4n) is 6.12. The lowest BCUT2D eigenvalue weighted by atomic mass is 9.81. The molecule has 5 aromatic rings. The first kappa shape index (κ1) is 34.7.